The Kier molecular flexibility index (Phi) is 5.67. The average molecular weight is 386 g/mol. The molecule has 26 heavy (non-hydrogen) atoms. The standard InChI is InChI=1S/C18H26BClFNO4/c1-16(2,3)24-15(23)22-10-11-8-14(21)12(9-13(11)20)19-25-17(4,5)18(6,7)26-19/h8-9H,10H2,1-7H3,(H,22,23). The third-order valence-corrected chi connectivity index (χ3v) is 4.85. The second kappa shape index (κ2) is 7.02. The van der Waals surface area contributed by atoms with Gasteiger partial charge in [0.15, 0.2) is 0 Å². The monoisotopic (exact) mass is 385 g/mol. The number of amides is 1. The van der Waals surface area contributed by atoms with Crippen molar-refractivity contribution in [1.82, 2.24) is 5.32 Å². The molecule has 5 nitrogen and oxygen atoms in total. The molecule has 1 amide bonds. The lowest BCUT2D eigenvalue weighted by atomic mass is 9.78. The maximum atomic E-state index is 14.6. The fourth-order valence-electron chi connectivity index (χ4n) is 2.37. The lowest BCUT2D eigenvalue weighted by Gasteiger charge is -2.32. The molecule has 0 unspecified atom stereocenters. The van der Waals surface area contributed by atoms with Gasteiger partial charge in [0.1, 0.15) is 11.4 Å². The molecule has 0 aliphatic carbocycles. The average Bonchev–Trinajstić information content (AvgIpc) is 2.66. The summed E-state index contributed by atoms with van der Waals surface area (Å²) < 4.78 is 31.5. The Hall–Kier alpha value is -1.31. The first-order valence-corrected chi connectivity index (χ1v) is 8.90. The minimum absolute atomic E-state index is 0.0499. The molecule has 0 saturated carbocycles. The van der Waals surface area contributed by atoms with Gasteiger partial charge in [-0.1, -0.05) is 11.6 Å². The summed E-state index contributed by atoms with van der Waals surface area (Å²) in [6.07, 6.45) is -0.594. The number of benzene rings is 1. The van der Waals surface area contributed by atoms with Crippen LogP contribution in [0.25, 0.3) is 0 Å². The van der Waals surface area contributed by atoms with Crippen molar-refractivity contribution >= 4 is 30.3 Å². The van der Waals surface area contributed by atoms with Crippen LogP contribution in [0.5, 0.6) is 0 Å². The Morgan fingerprint density at radius 2 is 1.77 bits per heavy atom. The van der Waals surface area contributed by atoms with Gasteiger partial charge in [-0.2, -0.15) is 0 Å². The third-order valence-electron chi connectivity index (χ3n) is 4.49. The molecule has 0 bridgehead atoms. The molecule has 144 valence electrons. The second-order valence-electron chi connectivity index (χ2n) is 8.41. The Bertz CT molecular complexity index is 687. The molecule has 0 atom stereocenters. The summed E-state index contributed by atoms with van der Waals surface area (Å²) in [4.78, 5) is 11.7. The number of carbonyl (C=O) groups excluding carboxylic acids is 1. The van der Waals surface area contributed by atoms with Gasteiger partial charge in [-0.05, 0) is 66.2 Å². The summed E-state index contributed by atoms with van der Waals surface area (Å²) >= 11 is 6.27. The molecular weight excluding hydrogens is 359 g/mol. The van der Waals surface area contributed by atoms with E-state index in [1.807, 2.05) is 27.7 Å². The molecule has 2 rings (SSSR count). The number of hydrogen-bond donors (Lipinski definition) is 1. The van der Waals surface area contributed by atoms with E-state index in [2.05, 4.69) is 5.32 Å². The Balaban J connectivity index is 2.13. The summed E-state index contributed by atoms with van der Waals surface area (Å²) in [6.45, 7) is 12.9. The SMILES string of the molecule is CC(C)(C)OC(=O)NCc1cc(F)c(B2OC(C)(C)C(C)(C)O2)cc1Cl. The van der Waals surface area contributed by atoms with Crippen molar-refractivity contribution in [3.63, 3.8) is 0 Å². The fourth-order valence-corrected chi connectivity index (χ4v) is 2.61. The quantitative estimate of drug-likeness (QED) is 0.804. The Morgan fingerprint density at radius 3 is 2.27 bits per heavy atom. The van der Waals surface area contributed by atoms with Gasteiger partial charge < -0.3 is 19.4 Å². The van der Waals surface area contributed by atoms with Gasteiger partial charge in [0, 0.05) is 17.0 Å². The maximum absolute atomic E-state index is 14.6. The van der Waals surface area contributed by atoms with Gasteiger partial charge in [0.25, 0.3) is 0 Å². The van der Waals surface area contributed by atoms with Crippen LogP contribution in [-0.2, 0) is 20.6 Å². The van der Waals surface area contributed by atoms with E-state index in [0.29, 0.717) is 10.6 Å². The topological polar surface area (TPSA) is 56.8 Å². The van der Waals surface area contributed by atoms with Crippen LogP contribution in [0, 0.1) is 5.82 Å². The number of alkyl carbamates (subject to hydrolysis) is 1. The van der Waals surface area contributed by atoms with Crippen LogP contribution >= 0.6 is 11.6 Å². The zero-order chi connectivity index (χ0) is 19.9. The molecule has 1 N–H and O–H groups in total. The van der Waals surface area contributed by atoms with Gasteiger partial charge in [-0.3, -0.25) is 0 Å². The van der Waals surface area contributed by atoms with Crippen molar-refractivity contribution in [2.24, 2.45) is 0 Å². The van der Waals surface area contributed by atoms with Crippen LogP contribution in [0.4, 0.5) is 9.18 Å². The van der Waals surface area contributed by atoms with Crippen molar-refractivity contribution < 1.29 is 23.2 Å². The van der Waals surface area contributed by atoms with Crippen molar-refractivity contribution in [2.75, 3.05) is 0 Å². The summed E-state index contributed by atoms with van der Waals surface area (Å²) in [6, 6.07) is 2.76. The van der Waals surface area contributed by atoms with Crippen LogP contribution in [0.1, 0.15) is 54.0 Å². The molecule has 8 heteroatoms. The molecule has 1 aliphatic rings. The Labute approximate surface area is 159 Å². The molecule has 1 saturated heterocycles. The van der Waals surface area contributed by atoms with Gasteiger partial charge in [-0.15, -0.1) is 0 Å². The van der Waals surface area contributed by atoms with Crippen LogP contribution < -0.4 is 10.8 Å². The largest absolute Gasteiger partial charge is 0.497 e. The van der Waals surface area contributed by atoms with E-state index in [9.17, 15) is 9.18 Å². The van der Waals surface area contributed by atoms with E-state index in [0.717, 1.165) is 0 Å². The molecule has 1 fully saturated rings. The minimum Gasteiger partial charge on any atom is -0.444 e. The molecular formula is C18H26BClFNO4. The van der Waals surface area contributed by atoms with Crippen molar-refractivity contribution in [3.05, 3.63) is 28.5 Å². The van der Waals surface area contributed by atoms with E-state index in [1.54, 1.807) is 20.8 Å². The van der Waals surface area contributed by atoms with Crippen LogP contribution in [0.2, 0.25) is 5.02 Å². The van der Waals surface area contributed by atoms with Gasteiger partial charge in [-0.25, -0.2) is 9.18 Å². The van der Waals surface area contributed by atoms with Crippen molar-refractivity contribution in [2.45, 2.75) is 71.8 Å². The normalized spacial score (nSPS) is 18.7. The first kappa shape index (κ1) is 21.0. The third kappa shape index (κ3) is 4.70. The lowest BCUT2D eigenvalue weighted by Crippen LogP contribution is -2.41. The summed E-state index contributed by atoms with van der Waals surface area (Å²) in [7, 11) is -0.842. The first-order chi connectivity index (χ1) is 11.7. The highest BCUT2D eigenvalue weighted by atomic mass is 35.5. The molecule has 1 aliphatic heterocycles. The number of halogens is 2. The molecule has 0 spiro atoms. The van der Waals surface area contributed by atoms with Crippen molar-refractivity contribution in [1.29, 1.82) is 0 Å². The van der Waals surface area contributed by atoms with Crippen LogP contribution in [0.3, 0.4) is 0 Å². The summed E-state index contributed by atoms with van der Waals surface area (Å²) in [5, 5.41) is 2.88. The summed E-state index contributed by atoms with van der Waals surface area (Å²) in [5.74, 6) is -0.506. The zero-order valence-electron chi connectivity index (χ0n) is 16.3. The fraction of sp³-hybridized carbons (Fsp3) is 0.611. The van der Waals surface area contributed by atoms with E-state index in [1.165, 1.54) is 12.1 Å². The number of nitrogens with one attached hydrogen (secondary N) is 1. The lowest BCUT2D eigenvalue weighted by molar-refractivity contribution is 0.00578. The highest BCUT2D eigenvalue weighted by molar-refractivity contribution is 6.62. The van der Waals surface area contributed by atoms with E-state index < -0.39 is 35.8 Å². The molecule has 1 heterocycles. The highest BCUT2D eigenvalue weighted by Crippen LogP contribution is 2.37. The van der Waals surface area contributed by atoms with Crippen LogP contribution in [-0.4, -0.2) is 30.0 Å². The predicted molar refractivity (Wildman–Crippen MR) is 100 cm³/mol. The van der Waals surface area contributed by atoms with E-state index in [4.69, 9.17) is 25.6 Å². The van der Waals surface area contributed by atoms with E-state index in [-0.39, 0.29) is 12.0 Å². The smallest absolute Gasteiger partial charge is 0.444 e. The minimum atomic E-state index is -0.842. The molecule has 1 aromatic rings. The summed E-state index contributed by atoms with van der Waals surface area (Å²) in [5.41, 5.74) is -1.09. The molecule has 1 aromatic carbocycles. The maximum Gasteiger partial charge on any atom is 0.497 e. The predicted octanol–water partition coefficient (Wildman–Crippen LogP) is 3.80. The molecule has 0 radical (unpaired) electrons. The van der Waals surface area contributed by atoms with Crippen molar-refractivity contribution in [3.8, 4) is 0 Å². The van der Waals surface area contributed by atoms with Gasteiger partial charge in [0.2, 0.25) is 0 Å². The zero-order valence-corrected chi connectivity index (χ0v) is 17.1. The number of hydrogen-bond acceptors (Lipinski definition) is 4. The second-order valence-corrected chi connectivity index (χ2v) is 8.82. The Morgan fingerprint density at radius 1 is 1.23 bits per heavy atom. The van der Waals surface area contributed by atoms with Gasteiger partial charge >= 0.3 is 13.2 Å². The van der Waals surface area contributed by atoms with Crippen LogP contribution in [0.15, 0.2) is 12.1 Å². The number of carbonyl (C=O) groups is 1. The highest BCUT2D eigenvalue weighted by Gasteiger charge is 2.52. The number of rotatable bonds is 3. The first-order valence-electron chi connectivity index (χ1n) is 8.52. The van der Waals surface area contributed by atoms with E-state index >= 15 is 0 Å². The molecule has 0 aromatic heterocycles. The van der Waals surface area contributed by atoms with Gasteiger partial charge in [0.05, 0.1) is 11.2 Å². The number of ether oxygens (including phenoxy) is 1.